The van der Waals surface area contributed by atoms with Crippen molar-refractivity contribution in [1.29, 1.82) is 0 Å². The molecule has 0 saturated carbocycles. The Labute approximate surface area is 216 Å². The molecular weight excluding hydrogens is 517 g/mol. The van der Waals surface area contributed by atoms with Crippen LogP contribution in [0.3, 0.4) is 0 Å². The van der Waals surface area contributed by atoms with E-state index < -0.39 is 17.7 Å². The number of carbonyl (C=O) groups is 1. The first-order valence-electron chi connectivity index (χ1n) is 12.0. The lowest BCUT2D eigenvalue weighted by Crippen LogP contribution is -2.51. The van der Waals surface area contributed by atoms with E-state index in [1.165, 1.54) is 25.3 Å². The Balaban J connectivity index is 1.37. The minimum atomic E-state index is -5.74. The van der Waals surface area contributed by atoms with Gasteiger partial charge in [0.05, 0.1) is 12.8 Å². The SMILES string of the molecule is COc1ccc(C(F)(F)C(F)(F)F)cc1-c1csc(NC(=O)N2CCN(CC3CCN(C)CC3)CC2)n1. The van der Waals surface area contributed by atoms with Crippen LogP contribution in [0, 0.1) is 5.92 Å². The summed E-state index contributed by atoms with van der Waals surface area (Å²) in [7, 11) is 3.42. The smallest absolute Gasteiger partial charge is 0.458 e. The number of piperidine rings is 1. The van der Waals surface area contributed by atoms with Crippen molar-refractivity contribution in [2.24, 2.45) is 5.92 Å². The number of likely N-dealkylation sites (tertiary alicyclic amines) is 1. The lowest BCUT2D eigenvalue weighted by Gasteiger charge is -2.38. The van der Waals surface area contributed by atoms with Gasteiger partial charge in [0.1, 0.15) is 5.75 Å². The lowest BCUT2D eigenvalue weighted by molar-refractivity contribution is -0.289. The normalized spacial score (nSPS) is 18.7. The largest absolute Gasteiger partial charge is 0.496 e. The van der Waals surface area contributed by atoms with Gasteiger partial charge in [0.2, 0.25) is 0 Å². The van der Waals surface area contributed by atoms with E-state index in [0.717, 1.165) is 56.2 Å². The molecule has 1 aromatic heterocycles. The number of urea groups is 1. The summed E-state index contributed by atoms with van der Waals surface area (Å²) in [6.45, 7) is 5.96. The molecule has 204 valence electrons. The number of methoxy groups -OCH3 is 1. The highest BCUT2D eigenvalue weighted by molar-refractivity contribution is 7.14. The van der Waals surface area contributed by atoms with Crippen LogP contribution in [0.15, 0.2) is 23.6 Å². The number of nitrogens with one attached hydrogen (secondary N) is 1. The molecule has 2 aromatic rings. The number of rotatable bonds is 6. The van der Waals surface area contributed by atoms with E-state index in [-0.39, 0.29) is 28.2 Å². The Morgan fingerprint density at radius 2 is 1.78 bits per heavy atom. The predicted octanol–water partition coefficient (Wildman–Crippen LogP) is 4.96. The van der Waals surface area contributed by atoms with Gasteiger partial charge in [-0.15, -0.1) is 11.3 Å². The highest BCUT2D eigenvalue weighted by Gasteiger charge is 2.58. The molecular formula is C24H30F5N5O2S. The highest BCUT2D eigenvalue weighted by Crippen LogP contribution is 2.46. The number of piperazine rings is 1. The number of hydrogen-bond donors (Lipinski definition) is 1. The molecule has 0 aliphatic carbocycles. The third kappa shape index (κ3) is 6.32. The monoisotopic (exact) mass is 547 g/mol. The van der Waals surface area contributed by atoms with Crippen LogP contribution in [0.4, 0.5) is 31.9 Å². The molecule has 7 nitrogen and oxygen atoms in total. The molecule has 2 aliphatic heterocycles. The second kappa shape index (κ2) is 11.1. The summed E-state index contributed by atoms with van der Waals surface area (Å²) < 4.78 is 71.5. The molecule has 0 spiro atoms. The summed E-state index contributed by atoms with van der Waals surface area (Å²) in [5.41, 5.74) is -1.12. The van der Waals surface area contributed by atoms with Crippen molar-refractivity contribution < 1.29 is 31.5 Å². The zero-order valence-corrected chi connectivity index (χ0v) is 21.5. The molecule has 0 radical (unpaired) electrons. The Morgan fingerprint density at radius 1 is 1.11 bits per heavy atom. The van der Waals surface area contributed by atoms with Crippen molar-refractivity contribution in [3.05, 3.63) is 29.1 Å². The zero-order chi connectivity index (χ0) is 26.8. The van der Waals surface area contributed by atoms with Gasteiger partial charge >= 0.3 is 18.1 Å². The summed E-state index contributed by atoms with van der Waals surface area (Å²) in [6, 6.07) is 2.12. The van der Waals surface area contributed by atoms with Crippen LogP contribution in [0.1, 0.15) is 18.4 Å². The Morgan fingerprint density at radius 3 is 2.41 bits per heavy atom. The number of halogens is 5. The summed E-state index contributed by atoms with van der Waals surface area (Å²) in [6.07, 6.45) is -3.37. The number of amides is 2. The third-order valence-electron chi connectivity index (χ3n) is 6.93. The van der Waals surface area contributed by atoms with Crippen LogP contribution in [0.2, 0.25) is 0 Å². The first kappa shape index (κ1) is 27.5. The third-order valence-corrected chi connectivity index (χ3v) is 7.68. The molecule has 1 aromatic carbocycles. The topological polar surface area (TPSA) is 60.9 Å². The van der Waals surface area contributed by atoms with Crippen molar-refractivity contribution in [2.45, 2.75) is 24.9 Å². The van der Waals surface area contributed by atoms with Gasteiger partial charge < -0.3 is 14.5 Å². The van der Waals surface area contributed by atoms with Gasteiger partial charge in [-0.25, -0.2) is 9.78 Å². The molecule has 1 N–H and O–H groups in total. The Bertz CT molecular complexity index is 1080. The van der Waals surface area contributed by atoms with Crippen LogP contribution in [0.5, 0.6) is 5.75 Å². The van der Waals surface area contributed by atoms with Crippen molar-refractivity contribution >= 4 is 22.5 Å². The van der Waals surface area contributed by atoms with Gasteiger partial charge in [-0.05, 0) is 57.1 Å². The molecule has 2 saturated heterocycles. The van der Waals surface area contributed by atoms with E-state index >= 15 is 0 Å². The van der Waals surface area contributed by atoms with Gasteiger partial charge in [-0.1, -0.05) is 0 Å². The standard InChI is InChI=1S/C24H30F5N5O2S/c1-32-7-5-16(6-8-32)14-33-9-11-34(12-10-33)22(35)31-21-30-19(15-37-21)18-13-17(3-4-20(18)36-2)23(25,26)24(27,28)29/h3-4,13,15-16H,5-12,14H2,1-2H3,(H,30,31,35). The number of carbonyl (C=O) groups excluding carboxylic acids is 1. The number of hydrogen-bond acceptors (Lipinski definition) is 6. The Hall–Kier alpha value is -2.51. The first-order valence-corrected chi connectivity index (χ1v) is 12.9. The maximum atomic E-state index is 13.9. The van der Waals surface area contributed by atoms with Crippen molar-refractivity contribution in [3.63, 3.8) is 0 Å². The van der Waals surface area contributed by atoms with Crippen LogP contribution in [-0.2, 0) is 5.92 Å². The fraction of sp³-hybridized carbons (Fsp3) is 0.583. The minimum Gasteiger partial charge on any atom is -0.496 e. The molecule has 0 unspecified atom stereocenters. The van der Waals surface area contributed by atoms with Crippen LogP contribution < -0.4 is 10.1 Å². The molecule has 2 amide bonds. The second-order valence-corrected chi connectivity index (χ2v) is 10.3. The summed E-state index contributed by atoms with van der Waals surface area (Å²) in [4.78, 5) is 23.4. The van der Waals surface area contributed by atoms with Crippen molar-refractivity contribution in [1.82, 2.24) is 19.7 Å². The fourth-order valence-electron chi connectivity index (χ4n) is 4.64. The van der Waals surface area contributed by atoms with E-state index in [1.807, 2.05) is 0 Å². The molecule has 37 heavy (non-hydrogen) atoms. The minimum absolute atomic E-state index is 0.0248. The predicted molar refractivity (Wildman–Crippen MR) is 131 cm³/mol. The summed E-state index contributed by atoms with van der Waals surface area (Å²) in [5, 5.41) is 4.40. The van der Waals surface area contributed by atoms with Crippen LogP contribution in [-0.4, -0.2) is 91.9 Å². The molecule has 0 bridgehead atoms. The molecule has 4 rings (SSSR count). The van der Waals surface area contributed by atoms with E-state index in [0.29, 0.717) is 25.1 Å². The number of aromatic nitrogens is 1. The number of anilines is 1. The van der Waals surface area contributed by atoms with Gasteiger partial charge in [0.15, 0.2) is 5.13 Å². The van der Waals surface area contributed by atoms with E-state index in [1.54, 1.807) is 4.90 Å². The summed E-state index contributed by atoms with van der Waals surface area (Å²) >= 11 is 1.05. The number of nitrogens with zero attached hydrogens (tertiary/aromatic N) is 4. The molecule has 13 heteroatoms. The maximum Gasteiger partial charge on any atom is 0.458 e. The quantitative estimate of drug-likeness (QED) is 0.518. The van der Waals surface area contributed by atoms with Gasteiger partial charge in [-0.2, -0.15) is 22.0 Å². The highest BCUT2D eigenvalue weighted by atomic mass is 32.1. The van der Waals surface area contributed by atoms with Gasteiger partial charge in [-0.3, -0.25) is 10.2 Å². The average molecular weight is 548 g/mol. The summed E-state index contributed by atoms with van der Waals surface area (Å²) in [5.74, 6) is -4.26. The van der Waals surface area contributed by atoms with Crippen molar-refractivity contribution in [3.8, 4) is 17.0 Å². The number of alkyl halides is 5. The maximum absolute atomic E-state index is 13.9. The molecule has 2 aliphatic rings. The van der Waals surface area contributed by atoms with E-state index in [4.69, 9.17) is 4.74 Å². The van der Waals surface area contributed by atoms with Crippen LogP contribution >= 0.6 is 11.3 Å². The fourth-order valence-corrected chi connectivity index (χ4v) is 5.34. The van der Waals surface area contributed by atoms with Crippen LogP contribution in [0.25, 0.3) is 11.3 Å². The molecule has 3 heterocycles. The zero-order valence-electron chi connectivity index (χ0n) is 20.7. The molecule has 2 fully saturated rings. The number of thiazole rings is 1. The van der Waals surface area contributed by atoms with E-state index in [2.05, 4.69) is 27.1 Å². The van der Waals surface area contributed by atoms with Gasteiger partial charge in [0, 0.05) is 49.2 Å². The van der Waals surface area contributed by atoms with E-state index in [9.17, 15) is 26.7 Å². The second-order valence-electron chi connectivity index (χ2n) is 9.49. The lowest BCUT2D eigenvalue weighted by atomic mass is 9.96. The number of ether oxygens (including phenoxy) is 1. The molecule has 0 atom stereocenters. The first-order chi connectivity index (χ1) is 17.5. The van der Waals surface area contributed by atoms with Crippen molar-refractivity contribution in [2.75, 3.05) is 65.3 Å². The van der Waals surface area contributed by atoms with Gasteiger partial charge in [0.25, 0.3) is 0 Å². The number of benzene rings is 1. The Kier molecular flexibility index (Phi) is 8.24. The average Bonchev–Trinajstić information content (AvgIpc) is 3.33.